The van der Waals surface area contributed by atoms with E-state index in [4.69, 9.17) is 9.72 Å². The second-order valence-corrected chi connectivity index (χ2v) is 6.87. The Balaban J connectivity index is 1.35. The zero-order chi connectivity index (χ0) is 16.5. The monoisotopic (exact) mass is 332 g/mol. The van der Waals surface area contributed by atoms with Crippen LogP contribution in [0, 0.1) is 0 Å². The number of ether oxygens (including phenoxy) is 1. The van der Waals surface area contributed by atoms with E-state index in [0.717, 1.165) is 58.8 Å². The van der Waals surface area contributed by atoms with Crippen LogP contribution in [0.15, 0.2) is 18.2 Å². The maximum Gasteiger partial charge on any atom is 0.0594 e. The van der Waals surface area contributed by atoms with Gasteiger partial charge in [-0.2, -0.15) is 0 Å². The third-order valence-electron chi connectivity index (χ3n) is 4.99. The van der Waals surface area contributed by atoms with Crippen molar-refractivity contribution in [3.63, 3.8) is 0 Å². The first-order valence-electron chi connectivity index (χ1n) is 9.58. The molecule has 0 bridgehead atoms. The number of aromatic nitrogens is 1. The lowest BCUT2D eigenvalue weighted by Gasteiger charge is -2.27. The highest BCUT2D eigenvalue weighted by molar-refractivity contribution is 5.11. The van der Waals surface area contributed by atoms with Crippen LogP contribution in [0.25, 0.3) is 0 Å². The van der Waals surface area contributed by atoms with E-state index in [0.29, 0.717) is 0 Å². The molecule has 1 N–H and O–H groups in total. The van der Waals surface area contributed by atoms with E-state index >= 15 is 0 Å². The van der Waals surface area contributed by atoms with Crippen molar-refractivity contribution < 1.29 is 4.74 Å². The van der Waals surface area contributed by atoms with Gasteiger partial charge in [-0.25, -0.2) is 0 Å². The van der Waals surface area contributed by atoms with Crippen LogP contribution in [0.3, 0.4) is 0 Å². The SMILES string of the molecule is c1cc(CCCN2CCNCC2)nc(CCCN2CCOCC2)c1. The van der Waals surface area contributed by atoms with Gasteiger partial charge in [-0.15, -0.1) is 0 Å². The highest BCUT2D eigenvalue weighted by Crippen LogP contribution is 2.07. The number of hydrogen-bond donors (Lipinski definition) is 1. The minimum atomic E-state index is 0.890. The number of nitrogens with one attached hydrogen (secondary N) is 1. The van der Waals surface area contributed by atoms with Gasteiger partial charge in [-0.05, 0) is 50.9 Å². The topological polar surface area (TPSA) is 40.6 Å². The van der Waals surface area contributed by atoms with Gasteiger partial charge < -0.3 is 15.0 Å². The molecule has 0 radical (unpaired) electrons. The molecule has 5 nitrogen and oxygen atoms in total. The summed E-state index contributed by atoms with van der Waals surface area (Å²) in [4.78, 5) is 9.92. The molecule has 134 valence electrons. The number of hydrogen-bond acceptors (Lipinski definition) is 5. The lowest BCUT2D eigenvalue weighted by molar-refractivity contribution is 0.0374. The van der Waals surface area contributed by atoms with E-state index in [1.165, 1.54) is 43.9 Å². The Kier molecular flexibility index (Phi) is 7.48. The lowest BCUT2D eigenvalue weighted by atomic mass is 10.1. The van der Waals surface area contributed by atoms with Gasteiger partial charge in [0.25, 0.3) is 0 Å². The Bertz CT molecular complexity index is 431. The van der Waals surface area contributed by atoms with Crippen LogP contribution in [-0.4, -0.2) is 80.4 Å². The predicted molar refractivity (Wildman–Crippen MR) is 97.4 cm³/mol. The van der Waals surface area contributed by atoms with Gasteiger partial charge in [0.15, 0.2) is 0 Å². The number of nitrogens with zero attached hydrogens (tertiary/aromatic N) is 3. The standard InChI is InChI=1S/C19H32N4O/c1-4-18(6-2-10-22-12-8-20-9-13-22)21-19(5-1)7-3-11-23-14-16-24-17-15-23/h1,4-5,20H,2-3,6-17H2. The molecule has 0 unspecified atom stereocenters. The van der Waals surface area contributed by atoms with Crippen LogP contribution in [0.2, 0.25) is 0 Å². The molecular weight excluding hydrogens is 300 g/mol. The van der Waals surface area contributed by atoms with Crippen molar-refractivity contribution in [1.29, 1.82) is 0 Å². The van der Waals surface area contributed by atoms with E-state index in [1.807, 2.05) is 0 Å². The normalized spacial score (nSPS) is 20.3. The van der Waals surface area contributed by atoms with Crippen molar-refractivity contribution in [3.8, 4) is 0 Å². The summed E-state index contributed by atoms with van der Waals surface area (Å²) < 4.78 is 5.40. The summed E-state index contributed by atoms with van der Waals surface area (Å²) in [6, 6.07) is 6.54. The first kappa shape index (κ1) is 17.8. The molecule has 24 heavy (non-hydrogen) atoms. The molecule has 0 saturated carbocycles. The van der Waals surface area contributed by atoms with E-state index in [9.17, 15) is 0 Å². The Morgan fingerprint density at radius 1 is 0.875 bits per heavy atom. The van der Waals surface area contributed by atoms with Gasteiger partial charge in [-0.1, -0.05) is 6.07 Å². The summed E-state index contributed by atoms with van der Waals surface area (Å²) in [5.74, 6) is 0. The van der Waals surface area contributed by atoms with Crippen molar-refractivity contribution in [1.82, 2.24) is 20.1 Å². The Hall–Kier alpha value is -1.01. The quantitative estimate of drug-likeness (QED) is 0.774. The lowest BCUT2D eigenvalue weighted by Crippen LogP contribution is -2.43. The fourth-order valence-electron chi connectivity index (χ4n) is 3.53. The predicted octanol–water partition coefficient (Wildman–Crippen LogP) is 1.18. The molecule has 2 aliphatic rings. The van der Waals surface area contributed by atoms with Crippen molar-refractivity contribution >= 4 is 0 Å². The van der Waals surface area contributed by atoms with Crippen molar-refractivity contribution in [2.45, 2.75) is 25.7 Å². The summed E-state index contributed by atoms with van der Waals surface area (Å²) in [5, 5.41) is 3.41. The van der Waals surface area contributed by atoms with Crippen LogP contribution in [0.4, 0.5) is 0 Å². The smallest absolute Gasteiger partial charge is 0.0594 e. The van der Waals surface area contributed by atoms with E-state index in [2.05, 4.69) is 33.3 Å². The van der Waals surface area contributed by atoms with Gasteiger partial charge >= 0.3 is 0 Å². The summed E-state index contributed by atoms with van der Waals surface area (Å²) >= 11 is 0. The maximum absolute atomic E-state index is 5.40. The summed E-state index contributed by atoms with van der Waals surface area (Å²) in [7, 11) is 0. The molecule has 5 heteroatoms. The molecule has 0 aromatic carbocycles. The third-order valence-corrected chi connectivity index (χ3v) is 4.99. The Labute approximate surface area is 146 Å². The van der Waals surface area contributed by atoms with Crippen LogP contribution in [0.1, 0.15) is 24.2 Å². The molecule has 0 aliphatic carbocycles. The van der Waals surface area contributed by atoms with Crippen LogP contribution >= 0.6 is 0 Å². The first-order valence-corrected chi connectivity index (χ1v) is 9.58. The average molecular weight is 332 g/mol. The highest BCUT2D eigenvalue weighted by Gasteiger charge is 2.10. The second kappa shape index (κ2) is 10.1. The molecule has 0 amide bonds. The minimum absolute atomic E-state index is 0.890. The fraction of sp³-hybridized carbons (Fsp3) is 0.737. The molecule has 2 aliphatic heterocycles. The summed E-state index contributed by atoms with van der Waals surface area (Å²) in [6.45, 7) is 11.0. The number of rotatable bonds is 8. The number of pyridine rings is 1. The number of morpholine rings is 1. The molecule has 2 fully saturated rings. The molecule has 1 aromatic rings. The van der Waals surface area contributed by atoms with Crippen LogP contribution in [0.5, 0.6) is 0 Å². The Morgan fingerprint density at radius 2 is 1.46 bits per heavy atom. The zero-order valence-electron chi connectivity index (χ0n) is 14.9. The number of piperazine rings is 1. The molecule has 1 aromatic heterocycles. The van der Waals surface area contributed by atoms with Gasteiger partial charge in [0.2, 0.25) is 0 Å². The Morgan fingerprint density at radius 3 is 2.08 bits per heavy atom. The third kappa shape index (κ3) is 6.13. The van der Waals surface area contributed by atoms with Crippen molar-refractivity contribution in [3.05, 3.63) is 29.6 Å². The maximum atomic E-state index is 5.40. The molecule has 3 rings (SSSR count). The van der Waals surface area contributed by atoms with Gasteiger partial charge in [0.1, 0.15) is 0 Å². The summed E-state index contributed by atoms with van der Waals surface area (Å²) in [6.07, 6.45) is 4.59. The van der Waals surface area contributed by atoms with E-state index in [-0.39, 0.29) is 0 Å². The largest absolute Gasteiger partial charge is 0.379 e. The number of aryl methyl sites for hydroxylation is 2. The van der Waals surface area contributed by atoms with Gasteiger partial charge in [0, 0.05) is 50.7 Å². The molecule has 2 saturated heterocycles. The highest BCUT2D eigenvalue weighted by atomic mass is 16.5. The minimum Gasteiger partial charge on any atom is -0.379 e. The summed E-state index contributed by atoms with van der Waals surface area (Å²) in [5.41, 5.74) is 2.51. The van der Waals surface area contributed by atoms with Crippen molar-refractivity contribution in [2.24, 2.45) is 0 Å². The van der Waals surface area contributed by atoms with Gasteiger partial charge in [-0.3, -0.25) is 9.88 Å². The molecule has 3 heterocycles. The first-order chi connectivity index (χ1) is 11.9. The van der Waals surface area contributed by atoms with Crippen LogP contribution in [-0.2, 0) is 17.6 Å². The average Bonchev–Trinajstić information content (AvgIpc) is 2.64. The van der Waals surface area contributed by atoms with E-state index < -0.39 is 0 Å². The molecular formula is C19H32N4O. The second-order valence-electron chi connectivity index (χ2n) is 6.87. The van der Waals surface area contributed by atoms with Crippen molar-refractivity contribution in [2.75, 3.05) is 65.6 Å². The van der Waals surface area contributed by atoms with Gasteiger partial charge in [0.05, 0.1) is 13.2 Å². The van der Waals surface area contributed by atoms with E-state index in [1.54, 1.807) is 0 Å². The zero-order valence-corrected chi connectivity index (χ0v) is 14.9. The van der Waals surface area contributed by atoms with Crippen LogP contribution < -0.4 is 5.32 Å². The molecule has 0 spiro atoms. The fourth-order valence-corrected chi connectivity index (χ4v) is 3.53. The molecule has 0 atom stereocenters.